The second-order valence-electron chi connectivity index (χ2n) is 3.52. The number of unbranched alkanes of at least 4 members (excludes halogenated alkanes) is 1. The van der Waals surface area contributed by atoms with E-state index in [1.807, 2.05) is 18.2 Å². The molecule has 0 unspecified atom stereocenters. The van der Waals surface area contributed by atoms with Crippen LogP contribution in [0, 0.1) is 0 Å². The Hall–Kier alpha value is -0.580. The molecule has 0 atom stereocenters. The van der Waals surface area contributed by atoms with Crippen LogP contribution in [0.3, 0.4) is 0 Å². The van der Waals surface area contributed by atoms with E-state index in [9.17, 15) is 0 Å². The van der Waals surface area contributed by atoms with Gasteiger partial charge in [-0.25, -0.2) is 0 Å². The smallest absolute Gasteiger partial charge is 0.133 e. The van der Waals surface area contributed by atoms with E-state index in [0.717, 1.165) is 35.2 Å². The molecule has 0 amide bonds. The SMILES string of the molecule is COCCCCOc1ccc(CN)cc1Br. The van der Waals surface area contributed by atoms with Crippen LogP contribution in [-0.4, -0.2) is 20.3 Å². The van der Waals surface area contributed by atoms with Gasteiger partial charge in [0.1, 0.15) is 5.75 Å². The number of hydrogen-bond acceptors (Lipinski definition) is 3. The Morgan fingerprint density at radius 2 is 2.00 bits per heavy atom. The Labute approximate surface area is 105 Å². The number of rotatable bonds is 7. The predicted molar refractivity (Wildman–Crippen MR) is 68.6 cm³/mol. The molecule has 0 aliphatic carbocycles. The lowest BCUT2D eigenvalue weighted by Crippen LogP contribution is -2.01. The summed E-state index contributed by atoms with van der Waals surface area (Å²) in [6, 6.07) is 5.92. The highest BCUT2D eigenvalue weighted by molar-refractivity contribution is 9.10. The second kappa shape index (κ2) is 7.65. The topological polar surface area (TPSA) is 44.5 Å². The minimum Gasteiger partial charge on any atom is -0.492 e. The molecule has 2 N–H and O–H groups in total. The normalized spacial score (nSPS) is 10.4. The number of methoxy groups -OCH3 is 1. The third-order valence-corrected chi connectivity index (χ3v) is 2.85. The summed E-state index contributed by atoms with van der Waals surface area (Å²) in [7, 11) is 1.71. The van der Waals surface area contributed by atoms with Crippen molar-refractivity contribution in [2.75, 3.05) is 20.3 Å². The van der Waals surface area contributed by atoms with E-state index >= 15 is 0 Å². The second-order valence-corrected chi connectivity index (χ2v) is 4.37. The fourth-order valence-corrected chi connectivity index (χ4v) is 1.86. The van der Waals surface area contributed by atoms with E-state index in [2.05, 4.69) is 15.9 Å². The van der Waals surface area contributed by atoms with Crippen LogP contribution in [0.4, 0.5) is 0 Å². The largest absolute Gasteiger partial charge is 0.492 e. The molecule has 90 valence electrons. The zero-order valence-electron chi connectivity index (χ0n) is 9.54. The van der Waals surface area contributed by atoms with E-state index in [0.29, 0.717) is 13.2 Å². The van der Waals surface area contributed by atoms with Crippen LogP contribution in [-0.2, 0) is 11.3 Å². The molecular formula is C12H18BrNO2. The molecular weight excluding hydrogens is 270 g/mol. The Morgan fingerprint density at radius 1 is 1.25 bits per heavy atom. The highest BCUT2D eigenvalue weighted by Gasteiger charge is 2.01. The molecule has 0 saturated carbocycles. The Kier molecular flexibility index (Phi) is 6.45. The van der Waals surface area contributed by atoms with Crippen LogP contribution >= 0.6 is 15.9 Å². The lowest BCUT2D eigenvalue weighted by atomic mass is 10.2. The van der Waals surface area contributed by atoms with E-state index in [-0.39, 0.29) is 0 Å². The fourth-order valence-electron chi connectivity index (χ4n) is 1.32. The van der Waals surface area contributed by atoms with Gasteiger partial charge in [0.25, 0.3) is 0 Å². The summed E-state index contributed by atoms with van der Waals surface area (Å²) in [4.78, 5) is 0. The van der Waals surface area contributed by atoms with Gasteiger partial charge in [0.15, 0.2) is 0 Å². The van der Waals surface area contributed by atoms with Crippen molar-refractivity contribution in [3.05, 3.63) is 28.2 Å². The highest BCUT2D eigenvalue weighted by Crippen LogP contribution is 2.26. The molecule has 0 fully saturated rings. The fraction of sp³-hybridized carbons (Fsp3) is 0.500. The number of halogens is 1. The first-order chi connectivity index (χ1) is 7.77. The number of benzene rings is 1. The van der Waals surface area contributed by atoms with Gasteiger partial charge in [-0.1, -0.05) is 6.07 Å². The highest BCUT2D eigenvalue weighted by atomic mass is 79.9. The van der Waals surface area contributed by atoms with E-state index in [1.54, 1.807) is 7.11 Å². The van der Waals surface area contributed by atoms with Gasteiger partial charge < -0.3 is 15.2 Å². The summed E-state index contributed by atoms with van der Waals surface area (Å²) >= 11 is 3.47. The number of hydrogen-bond donors (Lipinski definition) is 1. The van der Waals surface area contributed by atoms with Crippen LogP contribution in [0.1, 0.15) is 18.4 Å². The third kappa shape index (κ3) is 4.51. The summed E-state index contributed by atoms with van der Waals surface area (Å²) < 4.78 is 11.6. The van der Waals surface area contributed by atoms with Crippen molar-refractivity contribution >= 4 is 15.9 Å². The van der Waals surface area contributed by atoms with E-state index in [4.69, 9.17) is 15.2 Å². The maximum atomic E-state index is 5.64. The zero-order chi connectivity index (χ0) is 11.8. The van der Waals surface area contributed by atoms with Crippen LogP contribution in [0.15, 0.2) is 22.7 Å². The van der Waals surface area contributed by atoms with Crippen LogP contribution in [0.25, 0.3) is 0 Å². The van der Waals surface area contributed by atoms with Crippen LogP contribution in [0.2, 0.25) is 0 Å². The lowest BCUT2D eigenvalue weighted by molar-refractivity contribution is 0.184. The quantitative estimate of drug-likeness (QED) is 0.785. The Balaban J connectivity index is 2.36. The van der Waals surface area contributed by atoms with Gasteiger partial charge in [-0.2, -0.15) is 0 Å². The van der Waals surface area contributed by atoms with Crippen molar-refractivity contribution in [3.63, 3.8) is 0 Å². The molecule has 0 aliphatic heterocycles. The molecule has 4 heteroatoms. The maximum Gasteiger partial charge on any atom is 0.133 e. The molecule has 0 aromatic heterocycles. The Bertz CT molecular complexity index is 318. The maximum absolute atomic E-state index is 5.64. The average molecular weight is 288 g/mol. The van der Waals surface area contributed by atoms with Gasteiger partial charge in [0, 0.05) is 20.3 Å². The van der Waals surface area contributed by atoms with Gasteiger partial charge in [0.05, 0.1) is 11.1 Å². The first-order valence-electron chi connectivity index (χ1n) is 5.38. The molecule has 16 heavy (non-hydrogen) atoms. The van der Waals surface area contributed by atoms with Crippen molar-refractivity contribution < 1.29 is 9.47 Å². The predicted octanol–water partition coefficient (Wildman–Crippen LogP) is 2.71. The standard InChI is InChI=1S/C12H18BrNO2/c1-15-6-2-3-7-16-12-5-4-10(9-14)8-11(12)13/h4-5,8H,2-3,6-7,9,14H2,1H3. The molecule has 1 rings (SSSR count). The van der Waals surface area contributed by atoms with Crippen molar-refractivity contribution in [3.8, 4) is 5.75 Å². The molecule has 0 heterocycles. The molecule has 0 saturated heterocycles. The van der Waals surface area contributed by atoms with Crippen molar-refractivity contribution in [1.82, 2.24) is 0 Å². The van der Waals surface area contributed by atoms with Gasteiger partial charge in [-0.15, -0.1) is 0 Å². The number of ether oxygens (including phenoxy) is 2. The summed E-state index contributed by atoms with van der Waals surface area (Å²) in [6.07, 6.45) is 2.02. The van der Waals surface area contributed by atoms with E-state index in [1.165, 1.54) is 0 Å². The summed E-state index contributed by atoms with van der Waals surface area (Å²) in [5, 5.41) is 0. The Morgan fingerprint density at radius 3 is 2.62 bits per heavy atom. The summed E-state index contributed by atoms with van der Waals surface area (Å²) in [5.41, 5.74) is 6.64. The molecule has 0 bridgehead atoms. The van der Waals surface area contributed by atoms with Crippen molar-refractivity contribution in [1.29, 1.82) is 0 Å². The first kappa shape index (κ1) is 13.5. The number of nitrogens with two attached hydrogens (primary N) is 1. The summed E-state index contributed by atoms with van der Waals surface area (Å²) in [5.74, 6) is 0.870. The molecule has 3 nitrogen and oxygen atoms in total. The van der Waals surface area contributed by atoms with Crippen molar-refractivity contribution in [2.45, 2.75) is 19.4 Å². The van der Waals surface area contributed by atoms with E-state index < -0.39 is 0 Å². The molecule has 1 aromatic carbocycles. The minimum absolute atomic E-state index is 0.548. The molecule has 0 aliphatic rings. The minimum atomic E-state index is 0.548. The van der Waals surface area contributed by atoms with Gasteiger partial charge in [0.2, 0.25) is 0 Å². The van der Waals surface area contributed by atoms with Gasteiger partial charge in [-0.05, 0) is 46.5 Å². The molecule has 1 aromatic rings. The van der Waals surface area contributed by atoms with Crippen LogP contribution in [0.5, 0.6) is 5.75 Å². The zero-order valence-corrected chi connectivity index (χ0v) is 11.1. The van der Waals surface area contributed by atoms with Gasteiger partial charge in [-0.3, -0.25) is 0 Å². The first-order valence-corrected chi connectivity index (χ1v) is 6.17. The molecule has 0 radical (unpaired) electrons. The van der Waals surface area contributed by atoms with Gasteiger partial charge >= 0.3 is 0 Å². The average Bonchev–Trinajstić information content (AvgIpc) is 2.30. The van der Waals surface area contributed by atoms with Crippen LogP contribution < -0.4 is 10.5 Å². The monoisotopic (exact) mass is 287 g/mol. The molecule has 0 spiro atoms. The van der Waals surface area contributed by atoms with Crippen molar-refractivity contribution in [2.24, 2.45) is 5.73 Å². The lowest BCUT2D eigenvalue weighted by Gasteiger charge is -2.09. The summed E-state index contributed by atoms with van der Waals surface area (Å²) in [6.45, 7) is 2.05. The third-order valence-electron chi connectivity index (χ3n) is 2.23.